The van der Waals surface area contributed by atoms with Gasteiger partial charge in [0.15, 0.2) is 11.9 Å². The Labute approximate surface area is 128 Å². The number of alkyl halides is 3. The van der Waals surface area contributed by atoms with Gasteiger partial charge >= 0.3 is 6.18 Å². The molecule has 0 spiro atoms. The third-order valence-electron chi connectivity index (χ3n) is 3.74. The van der Waals surface area contributed by atoms with Gasteiger partial charge in [0.25, 0.3) is 5.91 Å². The molecule has 0 aliphatic carbocycles. The number of fused-ring (bicyclic) bond motifs is 1. The lowest BCUT2D eigenvalue weighted by Gasteiger charge is -2.39. The van der Waals surface area contributed by atoms with Crippen LogP contribution >= 0.6 is 0 Å². The van der Waals surface area contributed by atoms with Gasteiger partial charge in [0.05, 0.1) is 11.3 Å². The van der Waals surface area contributed by atoms with E-state index in [0.717, 1.165) is 7.11 Å². The Hall–Kier alpha value is -2.39. The molecule has 0 bridgehead atoms. The van der Waals surface area contributed by atoms with E-state index in [-0.39, 0.29) is 11.5 Å². The molecule has 2 heterocycles. The normalized spacial score (nSPS) is 24.2. The van der Waals surface area contributed by atoms with Crippen molar-refractivity contribution in [2.24, 2.45) is 0 Å². The van der Waals surface area contributed by atoms with Gasteiger partial charge < -0.3 is 15.2 Å². The number of carbonyl (C=O) groups excluding carboxylic acids is 1. The van der Waals surface area contributed by atoms with Crippen molar-refractivity contribution in [3.63, 3.8) is 0 Å². The molecular formula is C14H12F3N3O3. The number of benzene rings is 1. The molecule has 2 aromatic rings. The zero-order chi connectivity index (χ0) is 16.8. The monoisotopic (exact) mass is 327 g/mol. The van der Waals surface area contributed by atoms with Gasteiger partial charge in [-0.25, -0.2) is 0 Å². The number of aromatic amines is 1. The summed E-state index contributed by atoms with van der Waals surface area (Å²) in [6.45, 7) is 0. The largest absolute Gasteiger partial charge is 0.424 e. The first-order chi connectivity index (χ1) is 10.8. The van der Waals surface area contributed by atoms with Crippen LogP contribution in [0.25, 0.3) is 11.3 Å². The quantitative estimate of drug-likeness (QED) is 0.785. The summed E-state index contributed by atoms with van der Waals surface area (Å²) in [6, 6.07) is 8.07. The number of H-pyrrole nitrogens is 1. The van der Waals surface area contributed by atoms with Crippen LogP contribution in [0.5, 0.6) is 0 Å². The number of aromatic nitrogens is 2. The topological polar surface area (TPSA) is 87.2 Å². The number of amides is 1. The lowest BCUT2D eigenvalue weighted by atomic mass is 9.82. The molecule has 3 N–H and O–H groups in total. The Morgan fingerprint density at radius 1 is 1.30 bits per heavy atom. The minimum Gasteiger partial charge on any atom is -0.374 e. The third kappa shape index (κ3) is 2.12. The summed E-state index contributed by atoms with van der Waals surface area (Å²) in [6.07, 6.45) is -7.29. The van der Waals surface area contributed by atoms with Crippen LogP contribution in [0, 0.1) is 0 Å². The Kier molecular flexibility index (Phi) is 3.42. The highest BCUT2D eigenvalue weighted by atomic mass is 19.4. The molecule has 3 rings (SSSR count). The Bertz CT molecular complexity index is 745. The van der Waals surface area contributed by atoms with E-state index in [9.17, 15) is 23.1 Å². The second kappa shape index (κ2) is 5.07. The predicted molar refractivity (Wildman–Crippen MR) is 73.4 cm³/mol. The van der Waals surface area contributed by atoms with Gasteiger partial charge in [-0.15, -0.1) is 0 Å². The molecule has 23 heavy (non-hydrogen) atoms. The molecule has 1 aliphatic heterocycles. The molecule has 1 aromatic heterocycles. The number of aliphatic hydroxyl groups is 1. The lowest BCUT2D eigenvalue weighted by molar-refractivity contribution is -0.296. The summed E-state index contributed by atoms with van der Waals surface area (Å²) in [5.74, 6) is -1.49. The molecule has 0 fully saturated rings. The van der Waals surface area contributed by atoms with E-state index in [4.69, 9.17) is 0 Å². The van der Waals surface area contributed by atoms with Crippen LogP contribution in [-0.2, 0) is 15.1 Å². The molecule has 1 aromatic carbocycles. The number of rotatable bonds is 2. The molecule has 0 saturated heterocycles. The van der Waals surface area contributed by atoms with Crippen LogP contribution in [0.15, 0.2) is 30.3 Å². The molecule has 0 saturated carbocycles. The zero-order valence-corrected chi connectivity index (χ0v) is 11.8. The Balaban J connectivity index is 2.29. The van der Waals surface area contributed by atoms with E-state index < -0.39 is 29.4 Å². The van der Waals surface area contributed by atoms with E-state index in [1.165, 1.54) is 0 Å². The molecular weight excluding hydrogens is 315 g/mol. The van der Waals surface area contributed by atoms with Crippen LogP contribution in [0.3, 0.4) is 0 Å². The summed E-state index contributed by atoms with van der Waals surface area (Å²) in [4.78, 5) is 11.8. The third-order valence-corrected chi connectivity index (χ3v) is 3.74. The maximum atomic E-state index is 13.6. The number of ether oxygens (including phenoxy) is 1. The van der Waals surface area contributed by atoms with Crippen LogP contribution in [0.1, 0.15) is 5.56 Å². The number of halogens is 3. The second-order valence-electron chi connectivity index (χ2n) is 5.06. The van der Waals surface area contributed by atoms with E-state index in [1.807, 2.05) is 0 Å². The van der Waals surface area contributed by atoms with E-state index in [2.05, 4.69) is 20.3 Å². The number of nitrogens with one attached hydrogen (secondary N) is 2. The van der Waals surface area contributed by atoms with E-state index in [1.54, 1.807) is 30.3 Å². The molecule has 1 amide bonds. The van der Waals surface area contributed by atoms with Gasteiger partial charge in [0.1, 0.15) is 0 Å². The number of carbonyl (C=O) groups is 1. The molecule has 0 radical (unpaired) electrons. The Morgan fingerprint density at radius 2 is 1.96 bits per heavy atom. The minimum atomic E-state index is -5.15. The van der Waals surface area contributed by atoms with Gasteiger partial charge in [0, 0.05) is 12.7 Å². The smallest absolute Gasteiger partial charge is 0.374 e. The van der Waals surface area contributed by atoms with Gasteiger partial charge in [-0.3, -0.25) is 9.89 Å². The van der Waals surface area contributed by atoms with Gasteiger partial charge in [0.2, 0.25) is 5.60 Å². The lowest BCUT2D eigenvalue weighted by Crippen LogP contribution is -2.59. The summed E-state index contributed by atoms with van der Waals surface area (Å²) >= 11 is 0. The maximum Gasteiger partial charge on any atom is 0.424 e. The van der Waals surface area contributed by atoms with Crippen LogP contribution in [-0.4, -0.2) is 40.6 Å². The maximum absolute atomic E-state index is 13.6. The molecule has 2 unspecified atom stereocenters. The molecule has 2 atom stereocenters. The SMILES string of the molecule is COC1C(=O)Nc2n[nH]c(-c3ccccc3)c2C1(O)C(F)(F)F. The fourth-order valence-electron chi connectivity index (χ4n) is 2.69. The number of hydrogen-bond donors (Lipinski definition) is 3. The minimum absolute atomic E-state index is 0.0394. The van der Waals surface area contributed by atoms with Gasteiger partial charge in [-0.2, -0.15) is 18.3 Å². The first kappa shape index (κ1) is 15.5. The standard InChI is InChI=1S/C14H12F3N3O3/c1-23-10-12(21)18-11-8(13(10,22)14(15,16)17)9(19-20-11)7-5-3-2-4-6-7/h2-6,10,22H,1H3,(H2,18,19,20,21). The Morgan fingerprint density at radius 3 is 2.52 bits per heavy atom. The average Bonchev–Trinajstić information content (AvgIpc) is 2.91. The van der Waals surface area contributed by atoms with Crippen molar-refractivity contribution in [3.8, 4) is 11.3 Å². The van der Waals surface area contributed by atoms with Crippen molar-refractivity contribution in [3.05, 3.63) is 35.9 Å². The van der Waals surface area contributed by atoms with Crippen molar-refractivity contribution < 1.29 is 27.8 Å². The molecule has 6 nitrogen and oxygen atoms in total. The number of hydrogen-bond acceptors (Lipinski definition) is 4. The highest BCUT2D eigenvalue weighted by Crippen LogP contribution is 2.50. The first-order valence-electron chi connectivity index (χ1n) is 6.57. The molecule has 1 aliphatic rings. The van der Waals surface area contributed by atoms with Crippen molar-refractivity contribution in [2.75, 3.05) is 12.4 Å². The summed E-state index contributed by atoms with van der Waals surface area (Å²) in [5.41, 5.74) is -3.74. The van der Waals surface area contributed by atoms with E-state index >= 15 is 0 Å². The molecule has 9 heteroatoms. The van der Waals surface area contributed by atoms with Crippen LogP contribution < -0.4 is 5.32 Å². The van der Waals surface area contributed by atoms with Gasteiger partial charge in [-0.1, -0.05) is 30.3 Å². The average molecular weight is 327 g/mol. The first-order valence-corrected chi connectivity index (χ1v) is 6.57. The number of methoxy groups -OCH3 is 1. The summed E-state index contributed by atoms with van der Waals surface area (Å²) in [7, 11) is 0.925. The number of anilines is 1. The van der Waals surface area contributed by atoms with Crippen molar-refractivity contribution in [1.29, 1.82) is 0 Å². The second-order valence-corrected chi connectivity index (χ2v) is 5.06. The van der Waals surface area contributed by atoms with Crippen molar-refractivity contribution in [2.45, 2.75) is 17.9 Å². The zero-order valence-electron chi connectivity index (χ0n) is 11.8. The fraction of sp³-hybridized carbons (Fsp3) is 0.286. The highest BCUT2D eigenvalue weighted by molar-refractivity contribution is 5.99. The summed E-state index contributed by atoms with van der Waals surface area (Å²) < 4.78 is 45.5. The van der Waals surface area contributed by atoms with Crippen molar-refractivity contribution in [1.82, 2.24) is 10.2 Å². The summed E-state index contributed by atoms with van der Waals surface area (Å²) in [5, 5.41) is 18.8. The molecule has 122 valence electrons. The van der Waals surface area contributed by atoms with E-state index in [0.29, 0.717) is 5.56 Å². The number of nitrogens with zero attached hydrogens (tertiary/aromatic N) is 1. The van der Waals surface area contributed by atoms with Crippen molar-refractivity contribution >= 4 is 11.7 Å². The highest BCUT2D eigenvalue weighted by Gasteiger charge is 2.67. The fourth-order valence-corrected chi connectivity index (χ4v) is 2.69. The van der Waals surface area contributed by atoms with Gasteiger partial charge in [-0.05, 0) is 0 Å². The predicted octanol–water partition coefficient (Wildman–Crippen LogP) is 1.79. The van der Waals surface area contributed by atoms with Crippen LogP contribution in [0.4, 0.5) is 19.0 Å². The van der Waals surface area contributed by atoms with Crippen LogP contribution in [0.2, 0.25) is 0 Å².